The molecule has 0 saturated carbocycles. The minimum Gasteiger partial charge on any atom is -0.453 e. The third-order valence-electron chi connectivity index (χ3n) is 10.8. The predicted molar refractivity (Wildman–Crippen MR) is 195 cm³/mol. The number of esters is 2. The van der Waals surface area contributed by atoms with E-state index < -0.39 is 148 Å². The summed E-state index contributed by atoms with van der Waals surface area (Å²) in [5.41, 5.74) is 0.227. The van der Waals surface area contributed by atoms with Gasteiger partial charge < -0.3 is 93.3 Å². The molecule has 334 valence electrons. The molecule has 4 heterocycles. The topological polar surface area (TPSA) is 309 Å². The molecule has 4 saturated heterocycles. The minimum absolute atomic E-state index is 0.111. The molecule has 60 heavy (non-hydrogen) atoms. The zero-order chi connectivity index (χ0) is 43.4. The van der Waals surface area contributed by atoms with Gasteiger partial charge in [-0.3, -0.25) is 0 Å². The lowest BCUT2D eigenvalue weighted by atomic mass is 9.95. The molecule has 6 rings (SSSR count). The molecule has 0 amide bonds. The van der Waals surface area contributed by atoms with Crippen LogP contribution in [0.5, 0.6) is 0 Å². The van der Waals surface area contributed by atoms with Gasteiger partial charge in [-0.25, -0.2) is 9.59 Å². The lowest BCUT2D eigenvalue weighted by Gasteiger charge is -2.49. The van der Waals surface area contributed by atoms with Gasteiger partial charge in [0.1, 0.15) is 73.2 Å². The van der Waals surface area contributed by atoms with Crippen molar-refractivity contribution in [3.8, 4) is 0 Å². The Morgan fingerprint density at radius 2 is 0.883 bits per heavy atom. The molecular formula is C39H52O21. The molecule has 4 aliphatic rings. The van der Waals surface area contributed by atoms with Crippen molar-refractivity contribution in [3.05, 3.63) is 71.8 Å². The predicted octanol–water partition coefficient (Wildman–Crippen LogP) is -3.31. The van der Waals surface area contributed by atoms with E-state index in [0.717, 1.165) is 0 Å². The molecule has 0 radical (unpaired) electrons. The van der Waals surface area contributed by atoms with Gasteiger partial charge in [-0.2, -0.15) is 0 Å². The van der Waals surface area contributed by atoms with Gasteiger partial charge >= 0.3 is 11.9 Å². The highest BCUT2D eigenvalue weighted by Crippen LogP contribution is 2.36. The molecule has 2 aromatic carbocycles. The quantitative estimate of drug-likeness (QED) is 0.0891. The molecule has 2 aromatic rings. The molecule has 0 unspecified atom stereocenters. The Balaban J connectivity index is 1.31. The Labute approximate surface area is 343 Å². The lowest BCUT2D eigenvalue weighted by Crippen LogP contribution is -2.67. The van der Waals surface area contributed by atoms with Gasteiger partial charge in [0.2, 0.25) is 0 Å². The number of aliphatic hydroxyl groups is 9. The maximum Gasteiger partial charge on any atom is 0.338 e. The van der Waals surface area contributed by atoms with Gasteiger partial charge in [-0.1, -0.05) is 36.4 Å². The average molecular weight is 857 g/mol. The molecule has 0 spiro atoms. The second-order valence-electron chi connectivity index (χ2n) is 14.8. The number of carbonyl (C=O) groups excluding carboxylic acids is 2. The normalized spacial score (nSPS) is 42.3. The van der Waals surface area contributed by atoms with Crippen LogP contribution in [0.3, 0.4) is 0 Å². The Bertz CT molecular complexity index is 1670. The molecule has 9 N–H and O–H groups in total. The van der Waals surface area contributed by atoms with Crippen LogP contribution in [-0.2, 0) is 47.4 Å². The first kappa shape index (κ1) is 46.2. The molecule has 0 aliphatic carbocycles. The number of hydrogen-bond acceptors (Lipinski definition) is 21. The van der Waals surface area contributed by atoms with Crippen molar-refractivity contribution < 1.29 is 103 Å². The van der Waals surface area contributed by atoms with E-state index in [1.54, 1.807) is 36.4 Å². The third kappa shape index (κ3) is 9.83. The van der Waals surface area contributed by atoms with Crippen LogP contribution in [0.15, 0.2) is 60.7 Å². The Hall–Kier alpha value is -3.30. The number of ether oxygens (including phenoxy) is 10. The molecule has 0 bridgehead atoms. The molecule has 21 heteroatoms. The molecule has 4 aliphatic heterocycles. The van der Waals surface area contributed by atoms with Gasteiger partial charge in [0.05, 0.1) is 36.5 Å². The van der Waals surface area contributed by atoms with Crippen LogP contribution in [0, 0.1) is 0 Å². The fourth-order valence-electron chi connectivity index (χ4n) is 7.43. The summed E-state index contributed by atoms with van der Waals surface area (Å²) in [4.78, 5) is 26.7. The van der Waals surface area contributed by atoms with Crippen molar-refractivity contribution in [1.29, 1.82) is 0 Å². The van der Waals surface area contributed by atoms with E-state index >= 15 is 0 Å². The summed E-state index contributed by atoms with van der Waals surface area (Å²) in [7, 11) is 1.21. The zero-order valence-electron chi connectivity index (χ0n) is 32.7. The van der Waals surface area contributed by atoms with Crippen molar-refractivity contribution in [2.45, 2.75) is 137 Å². The first-order valence-electron chi connectivity index (χ1n) is 19.3. The van der Waals surface area contributed by atoms with Crippen LogP contribution < -0.4 is 0 Å². The van der Waals surface area contributed by atoms with Crippen LogP contribution in [0.25, 0.3) is 0 Å². The van der Waals surface area contributed by atoms with Crippen LogP contribution >= 0.6 is 0 Å². The number of benzene rings is 2. The minimum atomic E-state index is -2.01. The Kier molecular flexibility index (Phi) is 15.6. The fourth-order valence-corrected chi connectivity index (χ4v) is 7.43. The van der Waals surface area contributed by atoms with Crippen LogP contribution in [0.4, 0.5) is 0 Å². The van der Waals surface area contributed by atoms with E-state index in [4.69, 9.17) is 47.4 Å². The SMILES string of the molecule is CO[C@H]1O[C@H](CO)[C@@H](O[C@H]2O[C@H](C)[C@@H](OC(=O)c3ccccc3)[C@H](O[C@H]3O[C@H](C)[C@@H](OC(=O)c4ccccc4)[C@H](O[C@H]4O[C@H](CO)[C@H](O)[C@H](O)[C@H]4O)[C@@H]3O)[C@@H]2O)[C@H](O)[C@H]1O. The first-order valence-corrected chi connectivity index (χ1v) is 19.3. The van der Waals surface area contributed by atoms with E-state index in [2.05, 4.69) is 0 Å². The molecule has 0 aromatic heterocycles. The lowest BCUT2D eigenvalue weighted by molar-refractivity contribution is -0.385. The van der Waals surface area contributed by atoms with Gasteiger partial charge in [-0.15, -0.1) is 0 Å². The number of methoxy groups -OCH3 is 1. The maximum absolute atomic E-state index is 13.4. The Morgan fingerprint density at radius 3 is 1.32 bits per heavy atom. The van der Waals surface area contributed by atoms with Crippen molar-refractivity contribution in [3.63, 3.8) is 0 Å². The number of aliphatic hydroxyl groups excluding tert-OH is 9. The molecule has 21 nitrogen and oxygen atoms in total. The summed E-state index contributed by atoms with van der Waals surface area (Å²) in [6.07, 6.45) is -32.8. The summed E-state index contributed by atoms with van der Waals surface area (Å²) in [5.74, 6) is -1.74. The van der Waals surface area contributed by atoms with Gasteiger partial charge in [0, 0.05) is 7.11 Å². The average Bonchev–Trinajstić information content (AvgIpc) is 3.25. The van der Waals surface area contributed by atoms with Crippen LogP contribution in [-0.4, -0.2) is 201 Å². The zero-order valence-corrected chi connectivity index (χ0v) is 32.7. The van der Waals surface area contributed by atoms with Crippen molar-refractivity contribution in [1.82, 2.24) is 0 Å². The standard InChI is InChI=1S/C39H52O21/c1-16-30(57-35(50)19-12-8-5-9-13-19)33(27(47)38(52-16)58-31-21(15-41)55-36(51-3)26(46)24(31)44)60-39-28(48)32(59-37-25(45)23(43)22(42)20(14-40)54-37)29(17(2)53-39)56-34(49)18-10-6-4-7-11-18/h4-13,16-17,20-33,36-48H,14-15H2,1-3H3/t16-,17-,20-,21-,22+,23+,24-,25-,26-,27+,28+,29-,30-,31-,32-,33-,36+,37-,38-,39-/m1/s1. The van der Waals surface area contributed by atoms with E-state index in [1.165, 1.54) is 45.2 Å². The first-order chi connectivity index (χ1) is 28.7. The van der Waals surface area contributed by atoms with E-state index in [0.29, 0.717) is 0 Å². The largest absolute Gasteiger partial charge is 0.453 e. The molecular weight excluding hydrogens is 804 g/mol. The van der Waals surface area contributed by atoms with E-state index in [1.807, 2.05) is 0 Å². The summed E-state index contributed by atoms with van der Waals surface area (Å²) in [5, 5.41) is 97.0. The number of rotatable bonds is 13. The molecule has 4 fully saturated rings. The van der Waals surface area contributed by atoms with Crippen LogP contribution in [0.1, 0.15) is 34.6 Å². The monoisotopic (exact) mass is 856 g/mol. The number of hydrogen-bond donors (Lipinski definition) is 9. The van der Waals surface area contributed by atoms with Crippen LogP contribution in [0.2, 0.25) is 0 Å². The van der Waals surface area contributed by atoms with Crippen molar-refractivity contribution in [2.24, 2.45) is 0 Å². The second kappa shape index (κ2) is 20.3. The van der Waals surface area contributed by atoms with Gasteiger partial charge in [0.15, 0.2) is 37.4 Å². The van der Waals surface area contributed by atoms with Crippen molar-refractivity contribution >= 4 is 11.9 Å². The van der Waals surface area contributed by atoms with Gasteiger partial charge in [0.25, 0.3) is 0 Å². The van der Waals surface area contributed by atoms with Gasteiger partial charge in [-0.05, 0) is 38.1 Å². The highest BCUT2D eigenvalue weighted by molar-refractivity contribution is 5.90. The fraction of sp³-hybridized carbons (Fsp3) is 0.641. The third-order valence-corrected chi connectivity index (χ3v) is 10.8. The maximum atomic E-state index is 13.4. The second-order valence-corrected chi connectivity index (χ2v) is 14.8. The highest BCUT2D eigenvalue weighted by Gasteiger charge is 2.56. The highest BCUT2D eigenvalue weighted by atomic mass is 16.8. The smallest absolute Gasteiger partial charge is 0.338 e. The Morgan fingerprint density at radius 1 is 0.483 bits per heavy atom. The summed E-state index contributed by atoms with van der Waals surface area (Å²) >= 11 is 0. The summed E-state index contributed by atoms with van der Waals surface area (Å²) < 4.78 is 57.8. The summed E-state index contributed by atoms with van der Waals surface area (Å²) in [6, 6.07) is 15.6. The van der Waals surface area contributed by atoms with Crippen molar-refractivity contribution in [2.75, 3.05) is 20.3 Å². The number of carbonyl (C=O) groups is 2. The summed E-state index contributed by atoms with van der Waals surface area (Å²) in [6.45, 7) is 1.33. The van der Waals surface area contributed by atoms with E-state index in [-0.39, 0.29) is 11.1 Å². The van der Waals surface area contributed by atoms with E-state index in [9.17, 15) is 55.5 Å². The molecule has 20 atom stereocenters.